The van der Waals surface area contributed by atoms with E-state index in [1.165, 1.54) is 12.1 Å². The van der Waals surface area contributed by atoms with E-state index in [4.69, 9.17) is 0 Å². The van der Waals surface area contributed by atoms with E-state index in [1.54, 1.807) is 12.1 Å². The van der Waals surface area contributed by atoms with Crippen LogP contribution >= 0.6 is 0 Å². The van der Waals surface area contributed by atoms with Crippen LogP contribution in [0.5, 0.6) is 0 Å². The number of amides is 2. The van der Waals surface area contributed by atoms with E-state index in [-0.39, 0.29) is 17.5 Å². The van der Waals surface area contributed by atoms with Gasteiger partial charge in [-0.15, -0.1) is 0 Å². The molecule has 0 saturated carbocycles. The first-order valence-electron chi connectivity index (χ1n) is 5.86. The molecule has 1 heterocycles. The first-order chi connectivity index (χ1) is 9.06. The van der Waals surface area contributed by atoms with Gasteiger partial charge in [0, 0.05) is 25.1 Å². The summed E-state index contributed by atoms with van der Waals surface area (Å²) < 4.78 is 0. The lowest BCUT2D eigenvalue weighted by atomic mass is 10.1. The monoisotopic (exact) mass is 263 g/mol. The van der Waals surface area contributed by atoms with Gasteiger partial charge >= 0.3 is 0 Å². The van der Waals surface area contributed by atoms with E-state index in [2.05, 4.69) is 10.6 Å². The van der Waals surface area contributed by atoms with Gasteiger partial charge in [-0.05, 0) is 12.0 Å². The SMILES string of the molecule is O=C1CCC(NCc2cccc([N+](=O)[O-])c2)C(=O)N1. The zero-order chi connectivity index (χ0) is 13.8. The molecule has 0 aliphatic carbocycles. The minimum Gasteiger partial charge on any atom is -0.302 e. The molecule has 1 aliphatic rings. The summed E-state index contributed by atoms with van der Waals surface area (Å²) in [6.45, 7) is 0.341. The summed E-state index contributed by atoms with van der Waals surface area (Å²) in [4.78, 5) is 32.6. The van der Waals surface area contributed by atoms with Crippen molar-refractivity contribution in [3.8, 4) is 0 Å². The van der Waals surface area contributed by atoms with E-state index in [9.17, 15) is 19.7 Å². The molecule has 100 valence electrons. The van der Waals surface area contributed by atoms with Gasteiger partial charge in [0.15, 0.2) is 0 Å². The van der Waals surface area contributed by atoms with Crippen LogP contribution in [-0.2, 0) is 16.1 Å². The predicted octanol–water partition coefficient (Wildman–Crippen LogP) is 0.490. The van der Waals surface area contributed by atoms with Gasteiger partial charge < -0.3 is 5.32 Å². The van der Waals surface area contributed by atoms with Crippen molar-refractivity contribution in [3.63, 3.8) is 0 Å². The molecule has 1 unspecified atom stereocenters. The van der Waals surface area contributed by atoms with Crippen LogP contribution in [0.1, 0.15) is 18.4 Å². The molecule has 7 heteroatoms. The van der Waals surface area contributed by atoms with Crippen LogP contribution in [0.15, 0.2) is 24.3 Å². The van der Waals surface area contributed by atoms with Crippen LogP contribution in [0.4, 0.5) is 5.69 Å². The van der Waals surface area contributed by atoms with Crippen molar-refractivity contribution < 1.29 is 14.5 Å². The number of hydrogen-bond donors (Lipinski definition) is 2. The fourth-order valence-electron chi connectivity index (χ4n) is 1.91. The largest absolute Gasteiger partial charge is 0.302 e. The number of carbonyl (C=O) groups excluding carboxylic acids is 2. The minimum absolute atomic E-state index is 0.0163. The third kappa shape index (κ3) is 3.35. The fourth-order valence-corrected chi connectivity index (χ4v) is 1.91. The number of hydrogen-bond acceptors (Lipinski definition) is 5. The molecule has 19 heavy (non-hydrogen) atoms. The van der Waals surface area contributed by atoms with Gasteiger partial charge in [0.25, 0.3) is 5.69 Å². The first-order valence-corrected chi connectivity index (χ1v) is 5.86. The van der Waals surface area contributed by atoms with Crippen LogP contribution in [-0.4, -0.2) is 22.8 Å². The second kappa shape index (κ2) is 5.57. The summed E-state index contributed by atoms with van der Waals surface area (Å²) in [6.07, 6.45) is 0.748. The van der Waals surface area contributed by atoms with E-state index >= 15 is 0 Å². The number of carbonyl (C=O) groups is 2. The van der Waals surface area contributed by atoms with Crippen LogP contribution in [0, 0.1) is 10.1 Å². The highest BCUT2D eigenvalue weighted by molar-refractivity contribution is 6.00. The molecule has 0 bridgehead atoms. The second-order valence-electron chi connectivity index (χ2n) is 4.31. The van der Waals surface area contributed by atoms with Crippen LogP contribution < -0.4 is 10.6 Å². The third-order valence-electron chi connectivity index (χ3n) is 2.91. The topological polar surface area (TPSA) is 101 Å². The standard InChI is InChI=1S/C12H13N3O4/c16-11-5-4-10(12(17)14-11)13-7-8-2-1-3-9(6-8)15(18)19/h1-3,6,10,13H,4-5,7H2,(H,14,16,17). The van der Waals surface area contributed by atoms with Crippen molar-refractivity contribution in [3.05, 3.63) is 39.9 Å². The molecule has 2 N–H and O–H groups in total. The molecule has 7 nitrogen and oxygen atoms in total. The Labute approximate surface area is 109 Å². The van der Waals surface area contributed by atoms with E-state index in [0.717, 1.165) is 5.56 Å². The van der Waals surface area contributed by atoms with Crippen molar-refractivity contribution in [2.45, 2.75) is 25.4 Å². The van der Waals surface area contributed by atoms with Gasteiger partial charge in [-0.25, -0.2) is 0 Å². The van der Waals surface area contributed by atoms with Crippen LogP contribution in [0.2, 0.25) is 0 Å². The Balaban J connectivity index is 1.95. The van der Waals surface area contributed by atoms with Crippen molar-refractivity contribution >= 4 is 17.5 Å². The van der Waals surface area contributed by atoms with Crippen molar-refractivity contribution in [1.82, 2.24) is 10.6 Å². The lowest BCUT2D eigenvalue weighted by Crippen LogP contribution is -2.50. The van der Waals surface area contributed by atoms with E-state index < -0.39 is 11.0 Å². The Morgan fingerprint density at radius 1 is 1.42 bits per heavy atom. The predicted molar refractivity (Wildman–Crippen MR) is 66.1 cm³/mol. The lowest BCUT2D eigenvalue weighted by Gasteiger charge is -2.21. The van der Waals surface area contributed by atoms with Gasteiger partial charge in [-0.3, -0.25) is 25.0 Å². The highest BCUT2D eigenvalue weighted by atomic mass is 16.6. The molecule has 0 spiro atoms. The summed E-state index contributed by atoms with van der Waals surface area (Å²) in [5, 5.41) is 15.9. The molecule has 2 amide bonds. The van der Waals surface area contributed by atoms with Crippen molar-refractivity contribution in [2.24, 2.45) is 0 Å². The Morgan fingerprint density at radius 3 is 2.89 bits per heavy atom. The first kappa shape index (κ1) is 13.2. The molecule has 1 fully saturated rings. The quantitative estimate of drug-likeness (QED) is 0.467. The number of non-ortho nitro benzene ring substituents is 1. The molecule has 1 atom stereocenters. The minimum atomic E-state index is -0.463. The number of benzene rings is 1. The van der Waals surface area contributed by atoms with E-state index in [1.807, 2.05) is 0 Å². The summed E-state index contributed by atoms with van der Waals surface area (Å²) in [5.41, 5.74) is 0.737. The number of nitro benzene ring substituents is 1. The molecule has 2 rings (SSSR count). The Hall–Kier alpha value is -2.28. The summed E-state index contributed by atoms with van der Waals surface area (Å²) in [6, 6.07) is 5.77. The summed E-state index contributed by atoms with van der Waals surface area (Å²) in [5.74, 6) is -0.611. The number of piperidine rings is 1. The molecule has 0 radical (unpaired) electrons. The fraction of sp³-hybridized carbons (Fsp3) is 0.333. The van der Waals surface area contributed by atoms with Crippen molar-refractivity contribution in [2.75, 3.05) is 0 Å². The van der Waals surface area contributed by atoms with Crippen LogP contribution in [0.25, 0.3) is 0 Å². The zero-order valence-electron chi connectivity index (χ0n) is 10.1. The summed E-state index contributed by atoms with van der Waals surface area (Å²) >= 11 is 0. The Bertz CT molecular complexity index is 529. The van der Waals surface area contributed by atoms with Gasteiger partial charge in [0.05, 0.1) is 11.0 Å². The Morgan fingerprint density at radius 2 is 2.21 bits per heavy atom. The molecular weight excluding hydrogens is 250 g/mol. The number of nitrogens with zero attached hydrogens (tertiary/aromatic N) is 1. The summed E-state index contributed by atoms with van der Waals surface area (Å²) in [7, 11) is 0. The average molecular weight is 263 g/mol. The maximum Gasteiger partial charge on any atom is 0.269 e. The second-order valence-corrected chi connectivity index (χ2v) is 4.31. The molecule has 1 saturated heterocycles. The molecule has 0 aromatic heterocycles. The maximum atomic E-state index is 11.5. The molecule has 1 aromatic carbocycles. The third-order valence-corrected chi connectivity index (χ3v) is 2.91. The number of imide groups is 1. The lowest BCUT2D eigenvalue weighted by molar-refractivity contribution is -0.384. The highest BCUT2D eigenvalue weighted by Gasteiger charge is 2.25. The molecular formula is C12H13N3O4. The maximum absolute atomic E-state index is 11.5. The Kier molecular flexibility index (Phi) is 3.86. The van der Waals surface area contributed by atoms with Gasteiger partial charge in [0.1, 0.15) is 0 Å². The molecule has 1 aliphatic heterocycles. The van der Waals surface area contributed by atoms with Crippen molar-refractivity contribution in [1.29, 1.82) is 0 Å². The molecule has 1 aromatic rings. The van der Waals surface area contributed by atoms with Gasteiger partial charge in [-0.2, -0.15) is 0 Å². The smallest absolute Gasteiger partial charge is 0.269 e. The number of nitro groups is 1. The number of rotatable bonds is 4. The zero-order valence-corrected chi connectivity index (χ0v) is 10.1. The van der Waals surface area contributed by atoms with Crippen LogP contribution in [0.3, 0.4) is 0 Å². The van der Waals surface area contributed by atoms with Gasteiger partial charge in [0.2, 0.25) is 11.8 Å². The highest BCUT2D eigenvalue weighted by Crippen LogP contribution is 2.13. The number of nitrogens with one attached hydrogen (secondary N) is 2. The van der Waals surface area contributed by atoms with E-state index in [0.29, 0.717) is 19.4 Å². The normalized spacial score (nSPS) is 19.1. The van der Waals surface area contributed by atoms with Gasteiger partial charge in [-0.1, -0.05) is 12.1 Å². The average Bonchev–Trinajstić information content (AvgIpc) is 2.38.